The van der Waals surface area contributed by atoms with Gasteiger partial charge in [-0.3, -0.25) is 32.5 Å². The molecule has 3 heterocycles. The zero-order valence-corrected chi connectivity index (χ0v) is 35.4. The Morgan fingerprint density at radius 2 is 1.73 bits per heavy atom. The number of anilines is 1. The van der Waals surface area contributed by atoms with Crippen molar-refractivity contribution in [2.24, 2.45) is 5.41 Å². The number of nitrogens with one attached hydrogen (secondary N) is 2. The van der Waals surface area contributed by atoms with E-state index in [1.165, 1.54) is 19.4 Å². The molecule has 0 spiro atoms. The van der Waals surface area contributed by atoms with Gasteiger partial charge in [-0.25, -0.2) is 28.6 Å². The largest absolute Gasteiger partial charge is 0.481 e. The SMILES string of the molecule is CC(C)(COP(=O)(O)OP(=O)(O)OC[C@H]1O[C@@H](n2cnc3c(N)ncnc32)[C@H](O)[C@@H]1OP(=O)(O)O)[C@@H](O)C(=O)NCCC(=O)NCCSC(=O)C1=CCc2ccccc2C1. The summed E-state index contributed by atoms with van der Waals surface area (Å²) in [6, 6.07) is 7.88. The minimum atomic E-state index is -5.58. The number of nitrogens with two attached hydrogens (primary N) is 1. The van der Waals surface area contributed by atoms with E-state index in [2.05, 4.69) is 34.4 Å². The van der Waals surface area contributed by atoms with E-state index in [1.807, 2.05) is 30.3 Å². The summed E-state index contributed by atoms with van der Waals surface area (Å²) in [6.45, 7) is 0.475. The number of phosphoric acid groups is 3. The van der Waals surface area contributed by atoms with Gasteiger partial charge in [-0.05, 0) is 17.5 Å². The van der Waals surface area contributed by atoms with E-state index in [9.17, 15) is 57.9 Å². The first kappa shape index (κ1) is 47.6. The highest BCUT2D eigenvalue weighted by Gasteiger charge is 2.50. The Morgan fingerprint density at radius 1 is 1.03 bits per heavy atom. The van der Waals surface area contributed by atoms with Gasteiger partial charge in [-0.15, -0.1) is 0 Å². The molecule has 1 saturated heterocycles. The molecule has 60 heavy (non-hydrogen) atoms. The number of imidazole rings is 1. The summed E-state index contributed by atoms with van der Waals surface area (Å²) in [5.41, 5.74) is 7.25. The molecule has 1 aliphatic carbocycles. The summed E-state index contributed by atoms with van der Waals surface area (Å²) >= 11 is 1.08. The third-order valence-electron chi connectivity index (χ3n) is 9.06. The number of carbonyl (C=O) groups is 3. The number of carbonyl (C=O) groups excluding carboxylic acids is 3. The van der Waals surface area contributed by atoms with Gasteiger partial charge in [0.05, 0.1) is 19.5 Å². The molecule has 0 bridgehead atoms. The number of hydrogen-bond acceptors (Lipinski definition) is 18. The van der Waals surface area contributed by atoms with Crippen LogP contribution in [0, 0.1) is 5.41 Å². The lowest BCUT2D eigenvalue weighted by Gasteiger charge is -2.30. The minimum Gasteiger partial charge on any atom is -0.386 e. The highest BCUT2D eigenvalue weighted by Crippen LogP contribution is 2.61. The van der Waals surface area contributed by atoms with Crippen molar-refractivity contribution >= 4 is 69.1 Å². The van der Waals surface area contributed by atoms with E-state index in [0.717, 1.165) is 34.5 Å². The van der Waals surface area contributed by atoms with Gasteiger partial charge in [0, 0.05) is 42.7 Å². The van der Waals surface area contributed by atoms with Gasteiger partial charge in [-0.2, -0.15) is 4.31 Å². The molecule has 2 aliphatic rings. The molecule has 7 atom stereocenters. The molecule has 2 amide bonds. The maximum absolute atomic E-state index is 12.7. The fraction of sp³-hybridized carbons (Fsp3) is 0.500. The molecule has 1 aromatic carbocycles. The van der Waals surface area contributed by atoms with Crippen molar-refractivity contribution in [1.29, 1.82) is 0 Å². The summed E-state index contributed by atoms with van der Waals surface area (Å²) < 4.78 is 62.3. The Labute approximate surface area is 345 Å². The number of nitrogen functional groups attached to an aromatic ring is 1. The highest BCUT2D eigenvalue weighted by molar-refractivity contribution is 8.14. The van der Waals surface area contributed by atoms with E-state index < -0.39 is 84.6 Å². The van der Waals surface area contributed by atoms with Crippen molar-refractivity contribution in [2.75, 3.05) is 37.8 Å². The molecule has 0 radical (unpaired) electrons. The van der Waals surface area contributed by atoms with E-state index in [1.54, 1.807) is 0 Å². The predicted octanol–water partition coefficient (Wildman–Crippen LogP) is 0.390. The number of ether oxygens (including phenoxy) is 1. The molecule has 1 fully saturated rings. The van der Waals surface area contributed by atoms with Gasteiger partial charge in [0.2, 0.25) is 16.9 Å². The van der Waals surface area contributed by atoms with Crippen LogP contribution in [0.15, 0.2) is 48.6 Å². The number of rotatable bonds is 20. The maximum Gasteiger partial charge on any atom is 0.481 e. The van der Waals surface area contributed by atoms with Crippen molar-refractivity contribution < 1.29 is 80.5 Å². The van der Waals surface area contributed by atoms with Gasteiger partial charge in [-0.1, -0.05) is 56.0 Å². The van der Waals surface area contributed by atoms with Gasteiger partial charge >= 0.3 is 23.5 Å². The normalized spacial score (nSPS) is 22.0. The third-order valence-corrected chi connectivity index (χ3v) is 13.1. The second kappa shape index (κ2) is 19.7. The molecular weight excluding hydrogens is 879 g/mol. The van der Waals surface area contributed by atoms with Crippen LogP contribution in [0.4, 0.5) is 5.82 Å². The summed E-state index contributed by atoms with van der Waals surface area (Å²) in [6.07, 6.45) is -3.80. The standard InChI is InChI=1S/C32H44N7O17P3S/c1-32(2,26(42)29(43)35-10-9-22(40)34-11-12-60-31(44)20-8-7-18-5-3-4-6-19(18)13-20)15-53-59(50,51)56-58(48,49)52-14-21-25(55-57(45,46)47)24(41)30(54-21)39-17-38-23-27(33)36-16-37-28(23)39/h3-6,8,16-17,21,24-26,30,41-42H,7,9-15H2,1-2H3,(H,34,40)(H,35,43)(H,48,49)(H,50,51)(H2,33,36,37)(H2,45,46,47)/t21-,24-,25-,26+,30-/m1/s1. The van der Waals surface area contributed by atoms with Crippen molar-refractivity contribution in [2.45, 2.75) is 63.8 Å². The molecule has 5 rings (SSSR count). The average Bonchev–Trinajstić information content (AvgIpc) is 3.74. The Hall–Kier alpha value is -3.48. The smallest absolute Gasteiger partial charge is 0.386 e. The third kappa shape index (κ3) is 12.8. The van der Waals surface area contributed by atoms with Crippen LogP contribution >= 0.6 is 35.2 Å². The molecule has 28 heteroatoms. The topological polar surface area (TPSA) is 364 Å². The second-order valence-electron chi connectivity index (χ2n) is 14.1. The van der Waals surface area contributed by atoms with E-state index in [-0.39, 0.29) is 41.6 Å². The number of aromatic nitrogens is 4. The zero-order valence-electron chi connectivity index (χ0n) is 31.9. The van der Waals surface area contributed by atoms with Crippen molar-refractivity contribution in [3.8, 4) is 0 Å². The van der Waals surface area contributed by atoms with E-state index >= 15 is 0 Å². The molecule has 0 saturated carbocycles. The fourth-order valence-electron chi connectivity index (χ4n) is 5.96. The highest BCUT2D eigenvalue weighted by atomic mass is 32.2. The number of hydrogen-bond donors (Lipinski definition) is 9. The van der Waals surface area contributed by atoms with Gasteiger partial charge in [0.1, 0.15) is 36.3 Å². The van der Waals surface area contributed by atoms with Crippen LogP contribution in [-0.4, -0.2) is 123 Å². The molecule has 2 aromatic heterocycles. The van der Waals surface area contributed by atoms with Crippen LogP contribution in [0.1, 0.15) is 37.6 Å². The van der Waals surface area contributed by atoms with Gasteiger partial charge in [0.15, 0.2) is 17.7 Å². The first-order valence-corrected chi connectivity index (χ1v) is 23.4. The number of amides is 2. The second-order valence-corrected chi connectivity index (χ2v) is 19.4. The minimum absolute atomic E-state index is 0.0299. The summed E-state index contributed by atoms with van der Waals surface area (Å²) in [5, 5.41) is 26.4. The average molecular weight is 924 g/mol. The number of allylic oxidation sites excluding steroid dienone is 1. The summed E-state index contributed by atoms with van der Waals surface area (Å²) in [5.74, 6) is -1.13. The maximum atomic E-state index is 12.7. The van der Waals surface area contributed by atoms with Crippen molar-refractivity contribution in [3.63, 3.8) is 0 Å². The number of benzene rings is 1. The first-order valence-electron chi connectivity index (χ1n) is 17.9. The number of aliphatic hydroxyl groups excluding tert-OH is 2. The number of thioether (sulfide) groups is 1. The Morgan fingerprint density at radius 3 is 2.45 bits per heavy atom. The molecule has 2 unspecified atom stereocenters. The fourth-order valence-corrected chi connectivity index (χ4v) is 9.52. The van der Waals surface area contributed by atoms with Crippen LogP contribution in [0.3, 0.4) is 0 Å². The molecule has 10 N–H and O–H groups in total. The van der Waals surface area contributed by atoms with Gasteiger partial charge < -0.3 is 50.9 Å². The predicted molar refractivity (Wildman–Crippen MR) is 209 cm³/mol. The van der Waals surface area contributed by atoms with E-state index in [4.69, 9.17) is 19.5 Å². The lowest BCUT2D eigenvalue weighted by Crippen LogP contribution is -2.46. The number of fused-ring (bicyclic) bond motifs is 2. The van der Waals surface area contributed by atoms with Crippen LogP contribution in [0.5, 0.6) is 0 Å². The quantitative estimate of drug-likeness (QED) is 0.0546. The molecular formula is C32H44N7O17P3S. The first-order chi connectivity index (χ1) is 28.1. The lowest BCUT2D eigenvalue weighted by atomic mass is 9.87. The lowest BCUT2D eigenvalue weighted by molar-refractivity contribution is -0.137. The van der Waals surface area contributed by atoms with Crippen LogP contribution < -0.4 is 16.4 Å². The van der Waals surface area contributed by atoms with Crippen LogP contribution in [-0.2, 0) is 63.5 Å². The Kier molecular flexibility index (Phi) is 15.6. The zero-order chi connectivity index (χ0) is 44.0. The van der Waals surface area contributed by atoms with Gasteiger partial charge in [0.25, 0.3) is 0 Å². The van der Waals surface area contributed by atoms with Crippen molar-refractivity contribution in [1.82, 2.24) is 30.2 Å². The molecule has 330 valence electrons. The number of aliphatic hydroxyl groups is 2. The summed E-state index contributed by atoms with van der Waals surface area (Å²) in [7, 11) is -16.4. The van der Waals surface area contributed by atoms with Crippen LogP contribution in [0.2, 0.25) is 0 Å². The van der Waals surface area contributed by atoms with Crippen molar-refractivity contribution in [3.05, 3.63) is 59.7 Å². The number of nitrogens with zero attached hydrogens (tertiary/aromatic N) is 4. The number of phosphoric ester groups is 3. The Balaban J connectivity index is 1.03. The summed E-state index contributed by atoms with van der Waals surface area (Å²) in [4.78, 5) is 88.6. The molecule has 1 aliphatic heterocycles. The van der Waals surface area contributed by atoms with E-state index in [0.29, 0.717) is 24.2 Å². The molecule has 3 aromatic rings. The Bertz CT molecular complexity index is 2240. The molecule has 24 nitrogen and oxygen atoms in total. The van der Waals surface area contributed by atoms with Crippen LogP contribution in [0.25, 0.3) is 11.2 Å². The monoisotopic (exact) mass is 923 g/mol.